The predicted octanol–water partition coefficient (Wildman–Crippen LogP) is 3.42. The Kier molecular flexibility index (Phi) is 6.87. The third-order valence-corrected chi connectivity index (χ3v) is 5.19. The van der Waals surface area contributed by atoms with Crippen LogP contribution in [0, 0.1) is 0 Å². The van der Waals surface area contributed by atoms with E-state index >= 15 is 0 Å². The van der Waals surface area contributed by atoms with E-state index in [1.807, 2.05) is 24.3 Å². The number of likely N-dealkylation sites (tertiary alicyclic amines) is 1. The number of carbonyl (C=O) groups excluding carboxylic acids is 1. The summed E-state index contributed by atoms with van der Waals surface area (Å²) in [5.74, 6) is 1.13. The van der Waals surface area contributed by atoms with Crippen molar-refractivity contribution in [1.29, 1.82) is 0 Å². The Morgan fingerprint density at radius 1 is 1.43 bits per heavy atom. The van der Waals surface area contributed by atoms with Gasteiger partial charge in [-0.25, -0.2) is 0 Å². The minimum Gasteiger partial charge on any atom is -0.355 e. The van der Waals surface area contributed by atoms with Crippen molar-refractivity contribution >= 4 is 29.3 Å². The van der Waals surface area contributed by atoms with Crippen LogP contribution in [-0.4, -0.2) is 42.7 Å². The summed E-state index contributed by atoms with van der Waals surface area (Å²) < 4.78 is 0. The van der Waals surface area contributed by atoms with Gasteiger partial charge in [0.25, 0.3) is 0 Å². The van der Waals surface area contributed by atoms with Gasteiger partial charge < -0.3 is 10.2 Å². The lowest BCUT2D eigenvalue weighted by Gasteiger charge is -2.19. The Bertz CT molecular complexity index is 452. The molecule has 1 atom stereocenters. The van der Waals surface area contributed by atoms with Gasteiger partial charge in [0.15, 0.2) is 0 Å². The van der Waals surface area contributed by atoms with E-state index in [4.69, 9.17) is 11.6 Å². The lowest BCUT2D eigenvalue weighted by molar-refractivity contribution is -0.121. The molecule has 1 aromatic rings. The highest BCUT2D eigenvalue weighted by molar-refractivity contribution is 7.99. The normalized spacial score (nSPS) is 18.9. The summed E-state index contributed by atoms with van der Waals surface area (Å²) in [6.07, 6.45) is 3.95. The molecule has 1 fully saturated rings. The molecular weight excluding hydrogens is 304 g/mol. The molecule has 1 aromatic carbocycles. The highest BCUT2D eigenvalue weighted by Gasteiger charge is 2.20. The Labute approximate surface area is 136 Å². The van der Waals surface area contributed by atoms with Gasteiger partial charge in [-0.05, 0) is 62.9 Å². The maximum Gasteiger partial charge on any atom is 0.220 e. The minimum absolute atomic E-state index is 0.173. The number of halogens is 1. The Morgan fingerprint density at radius 3 is 2.86 bits per heavy atom. The van der Waals surface area contributed by atoms with Crippen molar-refractivity contribution in [3.8, 4) is 0 Å². The lowest BCUT2D eigenvalue weighted by atomic mass is 10.2. The van der Waals surface area contributed by atoms with Gasteiger partial charge in [0.2, 0.25) is 5.91 Å². The molecule has 1 amide bonds. The first-order valence-electron chi connectivity index (χ1n) is 7.50. The molecular formula is C16H23ClN2OS. The van der Waals surface area contributed by atoms with Gasteiger partial charge in [-0.3, -0.25) is 4.79 Å². The average Bonchev–Trinajstić information content (AvgIpc) is 2.89. The molecule has 0 radical (unpaired) electrons. The largest absolute Gasteiger partial charge is 0.355 e. The minimum atomic E-state index is 0.173. The van der Waals surface area contributed by atoms with Gasteiger partial charge in [0.1, 0.15) is 0 Å². The van der Waals surface area contributed by atoms with Crippen LogP contribution in [0.25, 0.3) is 0 Å². The molecule has 3 nitrogen and oxygen atoms in total. The smallest absolute Gasteiger partial charge is 0.220 e. The highest BCUT2D eigenvalue weighted by atomic mass is 35.5. The first-order chi connectivity index (χ1) is 10.1. The highest BCUT2D eigenvalue weighted by Crippen LogP contribution is 2.21. The van der Waals surface area contributed by atoms with E-state index in [-0.39, 0.29) is 5.91 Å². The summed E-state index contributed by atoms with van der Waals surface area (Å²) in [5, 5.41) is 3.81. The van der Waals surface area contributed by atoms with E-state index < -0.39 is 0 Å². The van der Waals surface area contributed by atoms with E-state index in [0.29, 0.717) is 12.5 Å². The standard InChI is InChI=1S/C16H23ClN2OS/c1-19-10-2-4-14(19)12-18-16(20)5-3-11-21-15-8-6-13(17)7-9-15/h6-9,14H,2-5,10-12H2,1H3,(H,18,20)/t14-/m1/s1. The quantitative estimate of drug-likeness (QED) is 0.615. The van der Waals surface area contributed by atoms with E-state index in [1.165, 1.54) is 17.7 Å². The van der Waals surface area contributed by atoms with E-state index in [0.717, 1.165) is 30.3 Å². The second-order valence-corrected chi connectivity index (χ2v) is 7.09. The summed E-state index contributed by atoms with van der Waals surface area (Å²) >= 11 is 7.62. The summed E-state index contributed by atoms with van der Waals surface area (Å²) in [4.78, 5) is 15.3. The van der Waals surface area contributed by atoms with Gasteiger partial charge in [-0.2, -0.15) is 0 Å². The van der Waals surface area contributed by atoms with E-state index in [1.54, 1.807) is 11.8 Å². The zero-order valence-electron chi connectivity index (χ0n) is 12.5. The van der Waals surface area contributed by atoms with Crippen molar-refractivity contribution in [2.24, 2.45) is 0 Å². The molecule has 0 saturated carbocycles. The monoisotopic (exact) mass is 326 g/mol. The second kappa shape index (κ2) is 8.66. The maximum atomic E-state index is 11.8. The van der Waals surface area contributed by atoms with Gasteiger partial charge in [-0.1, -0.05) is 11.6 Å². The zero-order chi connectivity index (χ0) is 15.1. The number of amides is 1. The first kappa shape index (κ1) is 16.7. The SMILES string of the molecule is CN1CCC[C@@H]1CNC(=O)CCCSc1ccc(Cl)cc1. The molecule has 1 aliphatic rings. The van der Waals surface area contributed by atoms with Crippen LogP contribution in [-0.2, 0) is 4.79 Å². The van der Waals surface area contributed by atoms with Crippen LogP contribution in [0.5, 0.6) is 0 Å². The van der Waals surface area contributed by atoms with Crippen LogP contribution in [0.2, 0.25) is 5.02 Å². The number of carbonyl (C=O) groups is 1. The Morgan fingerprint density at radius 2 is 2.19 bits per heavy atom. The number of nitrogens with one attached hydrogen (secondary N) is 1. The van der Waals surface area contributed by atoms with Crippen molar-refractivity contribution in [2.75, 3.05) is 25.9 Å². The number of likely N-dealkylation sites (N-methyl/N-ethyl adjacent to an activating group) is 1. The van der Waals surface area contributed by atoms with Gasteiger partial charge in [0.05, 0.1) is 0 Å². The van der Waals surface area contributed by atoms with E-state index in [9.17, 15) is 4.79 Å². The molecule has 1 N–H and O–H groups in total. The number of hydrogen-bond acceptors (Lipinski definition) is 3. The predicted molar refractivity (Wildman–Crippen MR) is 90.1 cm³/mol. The fourth-order valence-corrected chi connectivity index (χ4v) is 3.49. The molecule has 2 rings (SSSR count). The number of thioether (sulfide) groups is 1. The van der Waals surface area contributed by atoms with Crippen molar-refractivity contribution < 1.29 is 4.79 Å². The fourth-order valence-electron chi connectivity index (χ4n) is 2.51. The first-order valence-corrected chi connectivity index (χ1v) is 8.87. The van der Waals surface area contributed by atoms with E-state index in [2.05, 4.69) is 17.3 Å². The van der Waals surface area contributed by atoms with Crippen molar-refractivity contribution in [3.05, 3.63) is 29.3 Å². The molecule has 21 heavy (non-hydrogen) atoms. The third kappa shape index (κ3) is 5.89. The third-order valence-electron chi connectivity index (χ3n) is 3.84. The lowest BCUT2D eigenvalue weighted by Crippen LogP contribution is -2.38. The van der Waals surface area contributed by atoms with Crippen LogP contribution in [0.4, 0.5) is 0 Å². The van der Waals surface area contributed by atoms with Crippen molar-refractivity contribution in [3.63, 3.8) is 0 Å². The second-order valence-electron chi connectivity index (χ2n) is 5.49. The van der Waals surface area contributed by atoms with Gasteiger partial charge in [0, 0.05) is 28.9 Å². The van der Waals surface area contributed by atoms with Crippen molar-refractivity contribution in [1.82, 2.24) is 10.2 Å². The average molecular weight is 327 g/mol. The van der Waals surface area contributed by atoms with Crippen molar-refractivity contribution in [2.45, 2.75) is 36.6 Å². The molecule has 0 bridgehead atoms. The molecule has 1 aliphatic heterocycles. The topological polar surface area (TPSA) is 32.3 Å². The Hall–Kier alpha value is -0.710. The summed E-state index contributed by atoms with van der Waals surface area (Å²) in [5.41, 5.74) is 0. The summed E-state index contributed by atoms with van der Waals surface area (Å²) in [7, 11) is 2.13. The molecule has 1 heterocycles. The van der Waals surface area contributed by atoms with Gasteiger partial charge in [-0.15, -0.1) is 11.8 Å². The summed E-state index contributed by atoms with van der Waals surface area (Å²) in [6.45, 7) is 1.94. The fraction of sp³-hybridized carbons (Fsp3) is 0.562. The van der Waals surface area contributed by atoms with Crippen LogP contribution in [0.15, 0.2) is 29.2 Å². The number of hydrogen-bond donors (Lipinski definition) is 1. The van der Waals surface area contributed by atoms with Gasteiger partial charge >= 0.3 is 0 Å². The maximum absolute atomic E-state index is 11.8. The van der Waals surface area contributed by atoms with Crippen LogP contribution in [0.1, 0.15) is 25.7 Å². The Balaban J connectivity index is 1.55. The molecule has 0 aliphatic carbocycles. The molecule has 1 saturated heterocycles. The summed E-state index contributed by atoms with van der Waals surface area (Å²) in [6, 6.07) is 8.35. The molecule has 116 valence electrons. The number of nitrogens with zero attached hydrogens (tertiary/aromatic N) is 1. The molecule has 0 unspecified atom stereocenters. The molecule has 0 spiro atoms. The zero-order valence-corrected chi connectivity index (χ0v) is 14.1. The molecule has 0 aromatic heterocycles. The number of rotatable bonds is 7. The molecule has 5 heteroatoms. The van der Waals surface area contributed by atoms with Crippen LogP contribution >= 0.6 is 23.4 Å². The van der Waals surface area contributed by atoms with Crippen LogP contribution in [0.3, 0.4) is 0 Å². The van der Waals surface area contributed by atoms with Crippen LogP contribution < -0.4 is 5.32 Å². The number of benzene rings is 1.